The lowest BCUT2D eigenvalue weighted by atomic mass is 10.1. The Morgan fingerprint density at radius 2 is 2.19 bits per heavy atom. The number of anilines is 1. The molecule has 1 aromatic carbocycles. The second-order valence-corrected chi connectivity index (χ2v) is 4.77. The van der Waals surface area contributed by atoms with Gasteiger partial charge in [0, 0.05) is 27.1 Å². The number of aromatic nitrogens is 1. The van der Waals surface area contributed by atoms with Crippen molar-refractivity contribution < 1.29 is 14.0 Å². The predicted octanol–water partition coefficient (Wildman–Crippen LogP) is 1.76. The van der Waals surface area contributed by atoms with Crippen LogP contribution in [0.2, 0.25) is 0 Å². The third-order valence-electron chi connectivity index (χ3n) is 3.02. The van der Waals surface area contributed by atoms with Gasteiger partial charge >= 0.3 is 0 Å². The van der Waals surface area contributed by atoms with Crippen LogP contribution in [-0.2, 0) is 4.79 Å². The smallest absolute Gasteiger partial charge is 0.269 e. The third-order valence-corrected chi connectivity index (χ3v) is 3.02. The molecule has 1 heterocycles. The fraction of sp³-hybridized carbons (Fsp3) is 0.267. The van der Waals surface area contributed by atoms with Gasteiger partial charge in [0.25, 0.3) is 5.91 Å². The van der Waals surface area contributed by atoms with E-state index in [1.807, 2.05) is 0 Å². The number of amides is 1. The van der Waals surface area contributed by atoms with Gasteiger partial charge in [0.1, 0.15) is 17.8 Å². The number of hydrogen-bond acceptors (Lipinski definition) is 4. The van der Waals surface area contributed by atoms with Gasteiger partial charge in [-0.2, -0.15) is 0 Å². The average molecular weight is 289 g/mol. The second kappa shape index (κ2) is 6.30. The van der Waals surface area contributed by atoms with Crippen molar-refractivity contribution in [3.8, 4) is 0 Å². The minimum atomic E-state index is -0.383. The Morgan fingerprint density at radius 3 is 2.86 bits per heavy atom. The van der Waals surface area contributed by atoms with Crippen LogP contribution in [0.15, 0.2) is 24.3 Å². The number of aldehydes is 1. The van der Waals surface area contributed by atoms with Crippen molar-refractivity contribution in [1.29, 1.82) is 0 Å². The molecule has 1 aromatic heterocycles. The highest BCUT2D eigenvalue weighted by Gasteiger charge is 2.15. The van der Waals surface area contributed by atoms with Gasteiger partial charge in [0.2, 0.25) is 0 Å². The summed E-state index contributed by atoms with van der Waals surface area (Å²) in [6, 6.07) is 6.12. The minimum absolute atomic E-state index is 0.197. The molecule has 5 nitrogen and oxygen atoms in total. The van der Waals surface area contributed by atoms with Crippen LogP contribution < -0.4 is 10.2 Å². The van der Waals surface area contributed by atoms with Gasteiger partial charge in [0.15, 0.2) is 0 Å². The van der Waals surface area contributed by atoms with Crippen molar-refractivity contribution in [3.05, 3.63) is 35.8 Å². The van der Waals surface area contributed by atoms with Crippen LogP contribution in [0, 0.1) is 5.82 Å². The minimum Gasteiger partial charge on any atom is -0.377 e. The highest BCUT2D eigenvalue weighted by atomic mass is 19.1. The molecular formula is C15H16FN3O2. The molecule has 0 spiro atoms. The third kappa shape index (κ3) is 3.16. The Kier molecular flexibility index (Phi) is 4.47. The van der Waals surface area contributed by atoms with Crippen LogP contribution in [0.3, 0.4) is 0 Å². The van der Waals surface area contributed by atoms with Crippen molar-refractivity contribution in [2.45, 2.75) is 6.42 Å². The Bertz CT molecular complexity index is 686. The number of benzene rings is 1. The highest BCUT2D eigenvalue weighted by molar-refractivity contribution is 6.00. The quantitative estimate of drug-likeness (QED) is 0.673. The van der Waals surface area contributed by atoms with E-state index in [1.165, 1.54) is 6.07 Å². The van der Waals surface area contributed by atoms with Crippen molar-refractivity contribution in [2.24, 2.45) is 0 Å². The molecule has 2 aromatic rings. The predicted molar refractivity (Wildman–Crippen MR) is 79.0 cm³/mol. The van der Waals surface area contributed by atoms with Crippen LogP contribution in [0.25, 0.3) is 10.9 Å². The zero-order valence-electron chi connectivity index (χ0n) is 11.9. The molecule has 0 unspecified atom stereocenters. The Hall–Kier alpha value is -2.50. The molecule has 1 amide bonds. The first-order valence-corrected chi connectivity index (χ1v) is 6.53. The summed E-state index contributed by atoms with van der Waals surface area (Å²) in [5, 5.41) is 2.98. The fourth-order valence-corrected chi connectivity index (χ4v) is 2.03. The Morgan fingerprint density at radius 1 is 1.43 bits per heavy atom. The van der Waals surface area contributed by atoms with Gasteiger partial charge < -0.3 is 15.0 Å². The molecule has 0 aliphatic heterocycles. The second-order valence-electron chi connectivity index (χ2n) is 4.77. The summed E-state index contributed by atoms with van der Waals surface area (Å²) in [6.07, 6.45) is 0.975. The Labute approximate surface area is 121 Å². The first-order valence-electron chi connectivity index (χ1n) is 6.53. The number of rotatable bonds is 5. The number of nitrogens with zero attached hydrogens (tertiary/aromatic N) is 2. The molecule has 0 saturated heterocycles. The lowest BCUT2D eigenvalue weighted by molar-refractivity contribution is -0.107. The van der Waals surface area contributed by atoms with Gasteiger partial charge in [-0.15, -0.1) is 0 Å². The monoisotopic (exact) mass is 289 g/mol. The molecule has 0 atom stereocenters. The SMILES string of the molecule is CN(C)c1cc(C(=O)NCCC=O)nc2cccc(F)c12. The van der Waals surface area contributed by atoms with E-state index in [-0.39, 0.29) is 30.4 Å². The number of carbonyl (C=O) groups excluding carboxylic acids is 2. The summed E-state index contributed by atoms with van der Waals surface area (Å²) < 4.78 is 14.0. The molecule has 0 saturated carbocycles. The van der Waals surface area contributed by atoms with Gasteiger partial charge in [0.05, 0.1) is 16.6 Å². The number of fused-ring (bicyclic) bond motifs is 1. The van der Waals surface area contributed by atoms with Crippen LogP contribution in [0.5, 0.6) is 0 Å². The van der Waals surface area contributed by atoms with E-state index in [4.69, 9.17) is 0 Å². The largest absolute Gasteiger partial charge is 0.377 e. The molecule has 0 aliphatic rings. The van der Waals surface area contributed by atoms with Crippen LogP contribution in [0.1, 0.15) is 16.9 Å². The normalized spacial score (nSPS) is 10.4. The van der Waals surface area contributed by atoms with Gasteiger partial charge in [-0.3, -0.25) is 4.79 Å². The summed E-state index contributed by atoms with van der Waals surface area (Å²) in [6.45, 7) is 0.252. The number of nitrogens with one attached hydrogen (secondary N) is 1. The molecule has 6 heteroatoms. The van der Waals surface area contributed by atoms with Crippen LogP contribution >= 0.6 is 0 Å². The maximum absolute atomic E-state index is 14.0. The number of pyridine rings is 1. The van der Waals surface area contributed by atoms with E-state index in [0.717, 1.165) is 6.29 Å². The summed E-state index contributed by atoms with van der Waals surface area (Å²) >= 11 is 0. The molecule has 1 N–H and O–H groups in total. The first kappa shape index (κ1) is 14.9. The number of carbonyl (C=O) groups is 2. The summed E-state index contributed by atoms with van der Waals surface area (Å²) in [5.41, 5.74) is 1.20. The molecule has 2 rings (SSSR count). The number of halogens is 1. The van der Waals surface area contributed by atoms with Gasteiger partial charge in [-0.05, 0) is 18.2 Å². The Balaban J connectivity index is 2.47. The highest BCUT2D eigenvalue weighted by Crippen LogP contribution is 2.27. The number of hydrogen-bond donors (Lipinski definition) is 1. The van der Waals surface area contributed by atoms with Crippen molar-refractivity contribution in [2.75, 3.05) is 25.5 Å². The lowest BCUT2D eigenvalue weighted by Gasteiger charge is -2.17. The summed E-state index contributed by atoms with van der Waals surface area (Å²) in [7, 11) is 3.55. The standard InChI is InChI=1S/C15H16FN3O2/c1-19(2)13-9-12(15(21)17-7-4-8-20)18-11-6-3-5-10(16)14(11)13/h3,5-6,8-9H,4,7H2,1-2H3,(H,17,21). The topological polar surface area (TPSA) is 62.3 Å². The molecule has 0 aliphatic carbocycles. The van der Waals surface area contributed by atoms with E-state index in [0.29, 0.717) is 16.6 Å². The molecule has 0 bridgehead atoms. The van der Waals surface area contributed by atoms with Crippen LogP contribution in [-0.4, -0.2) is 37.8 Å². The van der Waals surface area contributed by atoms with Crippen molar-refractivity contribution >= 4 is 28.8 Å². The van der Waals surface area contributed by atoms with E-state index >= 15 is 0 Å². The van der Waals surface area contributed by atoms with Gasteiger partial charge in [-0.25, -0.2) is 9.37 Å². The van der Waals surface area contributed by atoms with E-state index in [2.05, 4.69) is 10.3 Å². The zero-order chi connectivity index (χ0) is 15.4. The molecule has 0 radical (unpaired) electrons. The lowest BCUT2D eigenvalue weighted by Crippen LogP contribution is -2.26. The maximum Gasteiger partial charge on any atom is 0.269 e. The first-order chi connectivity index (χ1) is 10.0. The van der Waals surface area contributed by atoms with E-state index in [9.17, 15) is 14.0 Å². The maximum atomic E-state index is 14.0. The molecular weight excluding hydrogens is 273 g/mol. The fourth-order valence-electron chi connectivity index (χ4n) is 2.03. The average Bonchev–Trinajstić information content (AvgIpc) is 2.46. The van der Waals surface area contributed by atoms with Crippen LogP contribution in [0.4, 0.5) is 10.1 Å². The molecule has 0 fully saturated rings. The molecule has 110 valence electrons. The summed E-state index contributed by atoms with van der Waals surface area (Å²) in [4.78, 5) is 28.2. The zero-order valence-corrected chi connectivity index (χ0v) is 11.9. The van der Waals surface area contributed by atoms with Gasteiger partial charge in [-0.1, -0.05) is 6.07 Å². The van der Waals surface area contributed by atoms with Crippen molar-refractivity contribution in [3.63, 3.8) is 0 Å². The summed E-state index contributed by atoms with van der Waals surface area (Å²) in [5.74, 6) is -0.761. The van der Waals surface area contributed by atoms with E-state index in [1.54, 1.807) is 37.2 Å². The molecule has 21 heavy (non-hydrogen) atoms. The van der Waals surface area contributed by atoms with E-state index < -0.39 is 0 Å². The van der Waals surface area contributed by atoms with Crippen molar-refractivity contribution in [1.82, 2.24) is 10.3 Å².